The maximum Gasteiger partial charge on any atom is 0.287 e. The Hall–Kier alpha value is -5.85. The van der Waals surface area contributed by atoms with Crippen molar-refractivity contribution in [1.29, 1.82) is 0 Å². The summed E-state index contributed by atoms with van der Waals surface area (Å²) < 4.78 is 40.0. The molecule has 6 aromatic rings. The largest absolute Gasteiger partial charge is 0.493 e. The van der Waals surface area contributed by atoms with Crippen molar-refractivity contribution in [2.75, 3.05) is 51.9 Å². The Morgan fingerprint density at radius 1 is 0.922 bits per heavy atom. The Kier molecular flexibility index (Phi) is 9.86. The second-order valence-electron chi connectivity index (χ2n) is 12.1. The third kappa shape index (κ3) is 7.37. The molecule has 4 aromatic carbocycles. The lowest BCUT2D eigenvalue weighted by Gasteiger charge is -2.26. The van der Waals surface area contributed by atoms with Crippen LogP contribution in [0.2, 0.25) is 0 Å². The van der Waals surface area contributed by atoms with Crippen molar-refractivity contribution < 1.29 is 28.1 Å². The number of aryl methyl sites for hydroxylation is 1. The summed E-state index contributed by atoms with van der Waals surface area (Å²) in [5.74, 6) is -0.179. The minimum absolute atomic E-state index is 0.0755. The van der Waals surface area contributed by atoms with Gasteiger partial charge in [-0.3, -0.25) is 24.0 Å². The van der Waals surface area contributed by atoms with E-state index in [1.54, 1.807) is 55.8 Å². The number of ether oxygens (including phenoxy) is 4. The number of aromatic nitrogens is 3. The fraction of sp³-hybridized carbons (Fsp3) is 0.231. The zero-order chi connectivity index (χ0) is 35.3. The number of methoxy groups -OCH3 is 1. The number of benzene rings is 4. The Labute approximate surface area is 293 Å². The van der Waals surface area contributed by atoms with Gasteiger partial charge in [-0.05, 0) is 61.9 Å². The molecule has 1 fully saturated rings. The summed E-state index contributed by atoms with van der Waals surface area (Å²) in [7, 11) is 1.55. The van der Waals surface area contributed by atoms with Gasteiger partial charge in [0.15, 0.2) is 28.8 Å². The molecule has 2 aromatic heterocycles. The van der Waals surface area contributed by atoms with Gasteiger partial charge in [-0.1, -0.05) is 29.8 Å². The first-order valence-corrected chi connectivity index (χ1v) is 16.6. The molecule has 0 spiro atoms. The van der Waals surface area contributed by atoms with Crippen molar-refractivity contribution >= 4 is 33.5 Å². The van der Waals surface area contributed by atoms with Crippen molar-refractivity contribution in [2.24, 2.45) is 0 Å². The van der Waals surface area contributed by atoms with Crippen LogP contribution in [0.25, 0.3) is 27.6 Å². The molecule has 260 valence electrons. The molecule has 0 bridgehead atoms. The van der Waals surface area contributed by atoms with Gasteiger partial charge in [0.1, 0.15) is 5.75 Å². The van der Waals surface area contributed by atoms with Gasteiger partial charge in [-0.15, -0.1) is 0 Å². The molecular formula is C39H36FN5O6. The molecule has 1 N–H and O–H groups in total. The highest BCUT2D eigenvalue weighted by molar-refractivity contribution is 6.03. The van der Waals surface area contributed by atoms with E-state index in [9.17, 15) is 9.59 Å². The number of hydrogen-bond donors (Lipinski definition) is 1. The number of hydrogen-bond acceptors (Lipinski definition) is 9. The topological polar surface area (TPSA) is 117 Å². The minimum Gasteiger partial charge on any atom is -0.493 e. The van der Waals surface area contributed by atoms with Crippen molar-refractivity contribution in [3.8, 4) is 28.7 Å². The van der Waals surface area contributed by atoms with Crippen LogP contribution >= 0.6 is 0 Å². The van der Waals surface area contributed by atoms with Crippen LogP contribution in [-0.4, -0.2) is 71.9 Å². The molecule has 0 radical (unpaired) electrons. The molecular weight excluding hydrogens is 653 g/mol. The lowest BCUT2D eigenvalue weighted by Crippen LogP contribution is -2.37. The fourth-order valence-electron chi connectivity index (χ4n) is 5.98. The number of nitrogens with zero attached hydrogens (tertiary/aromatic N) is 4. The van der Waals surface area contributed by atoms with Gasteiger partial charge in [0.25, 0.3) is 11.5 Å². The van der Waals surface area contributed by atoms with E-state index in [-0.39, 0.29) is 17.1 Å². The van der Waals surface area contributed by atoms with Gasteiger partial charge in [-0.25, -0.2) is 9.37 Å². The molecule has 0 atom stereocenters. The standard InChI is InChI=1S/C39H36FN5O6/c1-25-8-11-27(12-9-25)45-32-7-4-3-6-30(32)43-37(39(45)47)38(46)42-26-10-13-34(29(40)22-26)51-33-14-15-41-31-24-36(35(48-2)23-28(31)33)50-19-5-16-44-17-20-49-21-18-44/h3-4,6-15,22-24H,5,16-21H2,1-2H3,(H,42,46). The Morgan fingerprint density at radius 2 is 1.73 bits per heavy atom. The molecule has 51 heavy (non-hydrogen) atoms. The molecule has 1 saturated heterocycles. The van der Waals surface area contributed by atoms with E-state index in [2.05, 4.69) is 20.2 Å². The minimum atomic E-state index is -0.772. The van der Waals surface area contributed by atoms with E-state index in [0.29, 0.717) is 51.5 Å². The summed E-state index contributed by atoms with van der Waals surface area (Å²) in [5, 5.41) is 3.21. The van der Waals surface area contributed by atoms with Gasteiger partial charge >= 0.3 is 0 Å². The number of carbonyl (C=O) groups excluding carboxylic acids is 1. The highest BCUT2D eigenvalue weighted by Crippen LogP contribution is 2.38. The monoisotopic (exact) mass is 689 g/mol. The summed E-state index contributed by atoms with van der Waals surface area (Å²) in [6.45, 7) is 6.71. The molecule has 12 heteroatoms. The maximum atomic E-state index is 15.5. The molecule has 11 nitrogen and oxygen atoms in total. The van der Waals surface area contributed by atoms with Crippen molar-refractivity contribution in [2.45, 2.75) is 13.3 Å². The Balaban J connectivity index is 1.08. The number of anilines is 1. The maximum absolute atomic E-state index is 15.5. The number of amides is 1. The third-order valence-electron chi connectivity index (χ3n) is 8.64. The summed E-state index contributed by atoms with van der Waals surface area (Å²) in [5.41, 5.74) is 2.42. The van der Waals surface area contributed by atoms with Crippen LogP contribution in [0.5, 0.6) is 23.0 Å². The SMILES string of the molecule is COc1cc2c(Oc3ccc(NC(=O)c4nc5ccccc5n(-c5ccc(C)cc5)c4=O)cc3F)ccnc2cc1OCCCN1CCOCC1. The van der Waals surface area contributed by atoms with E-state index >= 15 is 4.39 Å². The van der Waals surface area contributed by atoms with E-state index in [4.69, 9.17) is 18.9 Å². The normalized spacial score (nSPS) is 13.3. The van der Waals surface area contributed by atoms with E-state index < -0.39 is 17.3 Å². The summed E-state index contributed by atoms with van der Waals surface area (Å²) >= 11 is 0. The molecule has 1 aliphatic rings. The number of para-hydroxylation sites is 2. The number of fused-ring (bicyclic) bond motifs is 2. The van der Waals surface area contributed by atoms with Gasteiger partial charge in [0, 0.05) is 54.7 Å². The molecule has 0 aliphatic carbocycles. The molecule has 1 amide bonds. The molecule has 3 heterocycles. The number of carbonyl (C=O) groups is 1. The molecule has 0 saturated carbocycles. The number of halogens is 1. The van der Waals surface area contributed by atoms with E-state index in [1.165, 1.54) is 16.7 Å². The average Bonchev–Trinajstić information content (AvgIpc) is 3.15. The summed E-state index contributed by atoms with van der Waals surface area (Å²) in [4.78, 5) is 38.2. The first kappa shape index (κ1) is 33.6. The summed E-state index contributed by atoms with van der Waals surface area (Å²) in [6.07, 6.45) is 2.41. The van der Waals surface area contributed by atoms with E-state index in [1.807, 2.05) is 31.2 Å². The van der Waals surface area contributed by atoms with Crippen LogP contribution < -0.4 is 25.1 Å². The zero-order valence-electron chi connectivity index (χ0n) is 28.2. The highest BCUT2D eigenvalue weighted by atomic mass is 19.1. The lowest BCUT2D eigenvalue weighted by molar-refractivity contribution is 0.0357. The first-order chi connectivity index (χ1) is 24.9. The van der Waals surface area contributed by atoms with Crippen LogP contribution in [0.4, 0.5) is 10.1 Å². The predicted octanol–water partition coefficient (Wildman–Crippen LogP) is 6.54. The van der Waals surface area contributed by atoms with Gasteiger partial charge in [0.2, 0.25) is 0 Å². The average molecular weight is 690 g/mol. The van der Waals surface area contributed by atoms with Crippen LogP contribution in [0, 0.1) is 12.7 Å². The van der Waals surface area contributed by atoms with Crippen LogP contribution in [0.3, 0.4) is 0 Å². The fourth-order valence-corrected chi connectivity index (χ4v) is 5.98. The van der Waals surface area contributed by atoms with Crippen LogP contribution in [0.1, 0.15) is 22.5 Å². The zero-order valence-corrected chi connectivity index (χ0v) is 28.2. The highest BCUT2D eigenvalue weighted by Gasteiger charge is 2.20. The summed E-state index contributed by atoms with van der Waals surface area (Å²) in [6, 6.07) is 23.6. The van der Waals surface area contributed by atoms with Crippen LogP contribution in [-0.2, 0) is 4.74 Å². The molecule has 0 unspecified atom stereocenters. The van der Waals surface area contributed by atoms with Crippen molar-refractivity contribution in [3.63, 3.8) is 0 Å². The molecule has 1 aliphatic heterocycles. The van der Waals surface area contributed by atoms with Crippen molar-refractivity contribution in [1.82, 2.24) is 19.4 Å². The lowest BCUT2D eigenvalue weighted by atomic mass is 10.1. The number of rotatable bonds is 11. The Bertz CT molecular complexity index is 2270. The number of nitrogens with one attached hydrogen (secondary N) is 1. The quantitative estimate of drug-likeness (QED) is 0.152. The first-order valence-electron chi connectivity index (χ1n) is 16.6. The van der Waals surface area contributed by atoms with Gasteiger partial charge < -0.3 is 24.3 Å². The van der Waals surface area contributed by atoms with E-state index in [0.717, 1.165) is 50.9 Å². The van der Waals surface area contributed by atoms with Crippen LogP contribution in [0.15, 0.2) is 95.9 Å². The Morgan fingerprint density at radius 3 is 2.51 bits per heavy atom. The third-order valence-corrected chi connectivity index (χ3v) is 8.64. The van der Waals surface area contributed by atoms with Gasteiger partial charge in [-0.2, -0.15) is 0 Å². The smallest absolute Gasteiger partial charge is 0.287 e. The molecule has 7 rings (SSSR count). The second kappa shape index (κ2) is 15.0. The number of morpholine rings is 1. The predicted molar refractivity (Wildman–Crippen MR) is 192 cm³/mol. The number of pyridine rings is 1. The second-order valence-corrected chi connectivity index (χ2v) is 12.1. The van der Waals surface area contributed by atoms with Crippen molar-refractivity contribution in [3.05, 3.63) is 119 Å². The van der Waals surface area contributed by atoms with Gasteiger partial charge in [0.05, 0.1) is 43.5 Å².